The molecule has 0 aliphatic heterocycles. The van der Waals surface area contributed by atoms with Gasteiger partial charge in [0.1, 0.15) is 11.7 Å². The van der Waals surface area contributed by atoms with E-state index in [-0.39, 0.29) is 5.78 Å². The number of hydrogen-bond donors (Lipinski definition) is 1. The Labute approximate surface area is 95.1 Å². The first-order chi connectivity index (χ1) is 7.37. The molecule has 0 saturated heterocycles. The SMILES string of the molecule is CC(=O)C(C(=O)O)C(C)(C)c1ccccc1. The molecule has 1 atom stereocenters. The predicted molar refractivity (Wildman–Crippen MR) is 61.3 cm³/mol. The van der Waals surface area contributed by atoms with E-state index in [0.29, 0.717) is 0 Å². The van der Waals surface area contributed by atoms with Gasteiger partial charge in [0.05, 0.1) is 0 Å². The minimum Gasteiger partial charge on any atom is -0.481 e. The van der Waals surface area contributed by atoms with Gasteiger partial charge in [-0.3, -0.25) is 9.59 Å². The van der Waals surface area contributed by atoms with Gasteiger partial charge in [0.2, 0.25) is 0 Å². The first kappa shape index (κ1) is 12.4. The largest absolute Gasteiger partial charge is 0.481 e. The monoisotopic (exact) mass is 220 g/mol. The van der Waals surface area contributed by atoms with Crippen molar-refractivity contribution in [1.82, 2.24) is 0 Å². The standard InChI is InChI=1S/C13H16O3/c1-9(14)11(12(15)16)13(2,3)10-7-5-4-6-8-10/h4-8,11H,1-3H3,(H,15,16). The zero-order valence-electron chi connectivity index (χ0n) is 9.73. The summed E-state index contributed by atoms with van der Waals surface area (Å²) < 4.78 is 0. The molecule has 3 nitrogen and oxygen atoms in total. The Morgan fingerprint density at radius 3 is 2.06 bits per heavy atom. The van der Waals surface area contributed by atoms with Crippen molar-refractivity contribution in [3.8, 4) is 0 Å². The summed E-state index contributed by atoms with van der Waals surface area (Å²) in [5.74, 6) is -2.39. The minimum absolute atomic E-state index is 0.318. The van der Waals surface area contributed by atoms with Crippen LogP contribution in [0.15, 0.2) is 30.3 Å². The highest BCUT2D eigenvalue weighted by atomic mass is 16.4. The summed E-state index contributed by atoms with van der Waals surface area (Å²) in [5, 5.41) is 9.12. The molecule has 0 spiro atoms. The quantitative estimate of drug-likeness (QED) is 0.792. The minimum atomic E-state index is -1.07. The average molecular weight is 220 g/mol. The van der Waals surface area contributed by atoms with Gasteiger partial charge in [-0.2, -0.15) is 0 Å². The maximum atomic E-state index is 11.4. The molecule has 0 aromatic heterocycles. The number of ketones is 1. The highest BCUT2D eigenvalue weighted by molar-refractivity contribution is 5.98. The molecule has 0 radical (unpaired) electrons. The van der Waals surface area contributed by atoms with Crippen LogP contribution in [0.1, 0.15) is 26.3 Å². The third kappa shape index (κ3) is 2.30. The van der Waals surface area contributed by atoms with E-state index >= 15 is 0 Å². The van der Waals surface area contributed by atoms with E-state index in [9.17, 15) is 9.59 Å². The Morgan fingerprint density at radius 1 is 1.19 bits per heavy atom. The van der Waals surface area contributed by atoms with E-state index in [1.165, 1.54) is 6.92 Å². The summed E-state index contributed by atoms with van der Waals surface area (Å²) in [5.41, 5.74) is 0.163. The molecule has 1 aromatic rings. The number of Topliss-reactive ketones (excluding diaryl/α,β-unsaturated/α-hetero) is 1. The Morgan fingerprint density at radius 2 is 1.69 bits per heavy atom. The van der Waals surface area contributed by atoms with Gasteiger partial charge in [0, 0.05) is 5.41 Å². The number of carbonyl (C=O) groups is 2. The van der Waals surface area contributed by atoms with Crippen LogP contribution in [-0.4, -0.2) is 16.9 Å². The number of aliphatic carboxylic acids is 1. The van der Waals surface area contributed by atoms with Gasteiger partial charge in [-0.1, -0.05) is 44.2 Å². The van der Waals surface area contributed by atoms with Crippen LogP contribution >= 0.6 is 0 Å². The van der Waals surface area contributed by atoms with Crippen LogP contribution in [0.4, 0.5) is 0 Å². The summed E-state index contributed by atoms with van der Waals surface area (Å²) >= 11 is 0. The van der Waals surface area contributed by atoms with Crippen LogP contribution in [-0.2, 0) is 15.0 Å². The zero-order valence-corrected chi connectivity index (χ0v) is 9.73. The molecule has 0 bridgehead atoms. The Balaban J connectivity index is 3.18. The summed E-state index contributed by atoms with van der Waals surface area (Å²) in [6.45, 7) is 4.88. The molecule has 1 aromatic carbocycles. The number of carboxylic acid groups (broad SMARTS) is 1. The Hall–Kier alpha value is -1.64. The lowest BCUT2D eigenvalue weighted by molar-refractivity contribution is -0.148. The van der Waals surface area contributed by atoms with Crippen LogP contribution in [0.25, 0.3) is 0 Å². The van der Waals surface area contributed by atoms with Crippen molar-refractivity contribution in [1.29, 1.82) is 0 Å². The Kier molecular flexibility index (Phi) is 3.48. The predicted octanol–water partition coefficient (Wildman–Crippen LogP) is 2.25. The second kappa shape index (κ2) is 4.47. The highest BCUT2D eigenvalue weighted by Crippen LogP contribution is 2.32. The van der Waals surface area contributed by atoms with Crippen molar-refractivity contribution in [2.24, 2.45) is 5.92 Å². The topological polar surface area (TPSA) is 54.4 Å². The lowest BCUT2D eigenvalue weighted by atomic mass is 9.72. The fourth-order valence-corrected chi connectivity index (χ4v) is 2.03. The average Bonchev–Trinajstić information content (AvgIpc) is 2.17. The lowest BCUT2D eigenvalue weighted by Gasteiger charge is -2.30. The van der Waals surface area contributed by atoms with Crippen LogP contribution in [0.2, 0.25) is 0 Å². The van der Waals surface area contributed by atoms with Gasteiger partial charge >= 0.3 is 5.97 Å². The van der Waals surface area contributed by atoms with Crippen molar-refractivity contribution >= 4 is 11.8 Å². The number of benzene rings is 1. The fourth-order valence-electron chi connectivity index (χ4n) is 2.03. The molecule has 0 heterocycles. The normalized spacial score (nSPS) is 13.2. The smallest absolute Gasteiger partial charge is 0.314 e. The van der Waals surface area contributed by atoms with E-state index in [1.807, 2.05) is 30.3 Å². The van der Waals surface area contributed by atoms with Crippen molar-refractivity contribution in [3.63, 3.8) is 0 Å². The molecule has 1 unspecified atom stereocenters. The van der Waals surface area contributed by atoms with Crippen molar-refractivity contribution in [2.75, 3.05) is 0 Å². The van der Waals surface area contributed by atoms with Crippen molar-refractivity contribution in [3.05, 3.63) is 35.9 Å². The summed E-state index contributed by atoms with van der Waals surface area (Å²) in [4.78, 5) is 22.6. The number of hydrogen-bond acceptors (Lipinski definition) is 2. The van der Waals surface area contributed by atoms with Crippen molar-refractivity contribution < 1.29 is 14.7 Å². The van der Waals surface area contributed by atoms with Crippen molar-refractivity contribution in [2.45, 2.75) is 26.2 Å². The molecule has 0 amide bonds. The molecule has 1 rings (SSSR count). The molecule has 16 heavy (non-hydrogen) atoms. The van der Waals surface area contributed by atoms with Gasteiger partial charge in [-0.15, -0.1) is 0 Å². The Bertz CT molecular complexity index is 379. The third-order valence-corrected chi connectivity index (χ3v) is 2.89. The molecule has 0 fully saturated rings. The van der Waals surface area contributed by atoms with E-state index in [0.717, 1.165) is 5.56 Å². The number of carbonyl (C=O) groups excluding carboxylic acids is 1. The molecule has 1 N–H and O–H groups in total. The molecular weight excluding hydrogens is 204 g/mol. The van der Waals surface area contributed by atoms with Gasteiger partial charge in [-0.25, -0.2) is 0 Å². The first-order valence-corrected chi connectivity index (χ1v) is 5.16. The molecule has 0 saturated carbocycles. The van der Waals surface area contributed by atoms with Gasteiger partial charge in [-0.05, 0) is 12.5 Å². The third-order valence-electron chi connectivity index (χ3n) is 2.89. The van der Waals surface area contributed by atoms with E-state index in [1.54, 1.807) is 13.8 Å². The highest BCUT2D eigenvalue weighted by Gasteiger charge is 2.39. The van der Waals surface area contributed by atoms with Gasteiger partial charge in [0.15, 0.2) is 0 Å². The van der Waals surface area contributed by atoms with Crippen LogP contribution in [0.5, 0.6) is 0 Å². The fraction of sp³-hybridized carbons (Fsp3) is 0.385. The summed E-state index contributed by atoms with van der Waals surface area (Å²) in [7, 11) is 0. The number of carboxylic acids is 1. The van der Waals surface area contributed by atoms with Gasteiger partial charge in [0.25, 0.3) is 0 Å². The molecule has 0 aliphatic carbocycles. The molecule has 3 heteroatoms. The van der Waals surface area contributed by atoms with E-state index in [2.05, 4.69) is 0 Å². The first-order valence-electron chi connectivity index (χ1n) is 5.16. The second-order valence-corrected chi connectivity index (χ2v) is 4.47. The molecule has 0 aliphatic rings. The van der Waals surface area contributed by atoms with Gasteiger partial charge < -0.3 is 5.11 Å². The maximum absolute atomic E-state index is 11.4. The van der Waals surface area contributed by atoms with E-state index in [4.69, 9.17) is 5.11 Å². The van der Waals surface area contributed by atoms with Crippen LogP contribution in [0, 0.1) is 5.92 Å². The second-order valence-electron chi connectivity index (χ2n) is 4.47. The maximum Gasteiger partial charge on any atom is 0.314 e. The van der Waals surface area contributed by atoms with E-state index < -0.39 is 17.3 Å². The summed E-state index contributed by atoms with van der Waals surface area (Å²) in [6.07, 6.45) is 0. The van der Waals surface area contributed by atoms with Crippen LogP contribution in [0.3, 0.4) is 0 Å². The lowest BCUT2D eigenvalue weighted by Crippen LogP contribution is -2.39. The molecular formula is C13H16O3. The van der Waals surface area contributed by atoms with Crippen LogP contribution < -0.4 is 0 Å². The zero-order chi connectivity index (χ0) is 12.3. The molecule has 86 valence electrons. The number of rotatable bonds is 4. The summed E-state index contributed by atoms with van der Waals surface area (Å²) in [6, 6.07) is 9.24.